The van der Waals surface area contributed by atoms with E-state index in [4.69, 9.17) is 9.15 Å². The molecule has 0 aliphatic rings. The number of nitrogens with zero attached hydrogens (tertiary/aromatic N) is 2. The average molecular weight is 300 g/mol. The van der Waals surface area contributed by atoms with Gasteiger partial charge in [0.2, 0.25) is 11.2 Å². The third-order valence-electron chi connectivity index (χ3n) is 3.41. The molecule has 0 atom stereocenters. The first kappa shape index (κ1) is 14.2. The summed E-state index contributed by atoms with van der Waals surface area (Å²) in [5.41, 5.74) is 1.17. The number of hydrogen-bond donors (Lipinski definition) is 1. The lowest BCUT2D eigenvalue weighted by atomic mass is 10.1. The molecule has 3 aromatic rings. The van der Waals surface area contributed by atoms with E-state index in [9.17, 15) is 9.90 Å². The fourth-order valence-corrected chi connectivity index (χ4v) is 2.43. The van der Waals surface area contributed by atoms with E-state index in [0.29, 0.717) is 29.2 Å². The Bertz CT molecular complexity index is 908. The Balaban J connectivity index is 2.26. The van der Waals surface area contributed by atoms with Crippen LogP contribution in [-0.4, -0.2) is 21.5 Å². The molecule has 6 nitrogen and oxygen atoms in total. The maximum atomic E-state index is 12.4. The van der Waals surface area contributed by atoms with Crippen LogP contribution in [0.15, 0.2) is 33.6 Å². The monoisotopic (exact) mass is 300 g/mol. The number of aromatic nitrogens is 2. The second-order valence-electron chi connectivity index (χ2n) is 5.00. The molecule has 2 heterocycles. The molecule has 1 N–H and O–H groups in total. The Morgan fingerprint density at radius 3 is 2.82 bits per heavy atom. The molecule has 2 aromatic heterocycles. The van der Waals surface area contributed by atoms with Crippen LogP contribution >= 0.6 is 0 Å². The Morgan fingerprint density at radius 2 is 2.18 bits per heavy atom. The number of benzene rings is 1. The van der Waals surface area contributed by atoms with Gasteiger partial charge in [-0.05, 0) is 32.0 Å². The molecule has 0 amide bonds. The van der Waals surface area contributed by atoms with Crippen LogP contribution in [0.4, 0.5) is 0 Å². The summed E-state index contributed by atoms with van der Waals surface area (Å²) < 4.78 is 12.7. The van der Waals surface area contributed by atoms with Crippen molar-refractivity contribution in [2.45, 2.75) is 13.8 Å². The normalized spacial score (nSPS) is 11.0. The number of fused-ring (bicyclic) bond motifs is 1. The van der Waals surface area contributed by atoms with Crippen LogP contribution in [0, 0.1) is 6.92 Å². The molecule has 0 aliphatic carbocycles. The van der Waals surface area contributed by atoms with E-state index >= 15 is 0 Å². The molecule has 114 valence electrons. The molecule has 0 saturated heterocycles. The molecule has 0 aliphatic heterocycles. The molecule has 1 aromatic carbocycles. The Morgan fingerprint density at radius 1 is 1.41 bits per heavy atom. The molecule has 0 unspecified atom stereocenters. The van der Waals surface area contributed by atoms with Gasteiger partial charge in [-0.15, -0.1) is 0 Å². The summed E-state index contributed by atoms with van der Waals surface area (Å²) >= 11 is 0. The van der Waals surface area contributed by atoms with Gasteiger partial charge >= 0.3 is 0 Å². The second-order valence-corrected chi connectivity index (χ2v) is 5.00. The highest BCUT2D eigenvalue weighted by Gasteiger charge is 2.19. The minimum Gasteiger partial charge on any atom is -0.502 e. The quantitative estimate of drug-likeness (QED) is 0.804. The van der Waals surface area contributed by atoms with Gasteiger partial charge in [-0.2, -0.15) is 5.10 Å². The predicted molar refractivity (Wildman–Crippen MR) is 82.3 cm³/mol. The van der Waals surface area contributed by atoms with E-state index < -0.39 is 11.2 Å². The zero-order valence-electron chi connectivity index (χ0n) is 12.6. The van der Waals surface area contributed by atoms with E-state index in [1.807, 2.05) is 6.92 Å². The van der Waals surface area contributed by atoms with Gasteiger partial charge in [0, 0.05) is 13.2 Å². The van der Waals surface area contributed by atoms with Gasteiger partial charge in [-0.1, -0.05) is 0 Å². The molecule has 3 rings (SSSR count). The summed E-state index contributed by atoms with van der Waals surface area (Å²) in [4.78, 5) is 12.4. The van der Waals surface area contributed by atoms with Crippen LogP contribution < -0.4 is 10.2 Å². The molecule has 6 heteroatoms. The fourth-order valence-electron chi connectivity index (χ4n) is 2.43. The lowest BCUT2D eigenvalue weighted by Crippen LogP contribution is -2.03. The first-order chi connectivity index (χ1) is 10.5. The summed E-state index contributed by atoms with van der Waals surface area (Å²) in [5, 5.41) is 14.7. The first-order valence-electron chi connectivity index (χ1n) is 6.94. The lowest BCUT2D eigenvalue weighted by molar-refractivity contribution is 0.340. The number of hydrogen-bond acceptors (Lipinski definition) is 5. The van der Waals surface area contributed by atoms with E-state index in [1.54, 1.807) is 43.0 Å². The van der Waals surface area contributed by atoms with Gasteiger partial charge in [0.15, 0.2) is 5.76 Å². The topological polar surface area (TPSA) is 77.5 Å². The van der Waals surface area contributed by atoms with Crippen LogP contribution in [-0.2, 0) is 7.05 Å². The van der Waals surface area contributed by atoms with Gasteiger partial charge in [0.25, 0.3) is 0 Å². The van der Waals surface area contributed by atoms with Gasteiger partial charge in [0.05, 0.1) is 23.3 Å². The van der Waals surface area contributed by atoms with Crippen LogP contribution in [0.1, 0.15) is 12.6 Å². The Labute approximate surface area is 126 Å². The van der Waals surface area contributed by atoms with E-state index in [0.717, 1.165) is 0 Å². The molecule has 0 saturated carbocycles. The molecule has 0 spiro atoms. The van der Waals surface area contributed by atoms with Gasteiger partial charge in [0.1, 0.15) is 11.3 Å². The Hall–Kier alpha value is -2.76. The van der Waals surface area contributed by atoms with Gasteiger partial charge in [-0.3, -0.25) is 9.48 Å². The number of rotatable bonds is 3. The highest BCUT2D eigenvalue weighted by atomic mass is 16.5. The van der Waals surface area contributed by atoms with Crippen molar-refractivity contribution >= 4 is 11.0 Å². The first-order valence-corrected chi connectivity index (χ1v) is 6.94. The third kappa shape index (κ3) is 2.22. The van der Waals surface area contributed by atoms with Gasteiger partial charge in [-0.25, -0.2) is 0 Å². The number of aromatic hydroxyl groups is 1. The van der Waals surface area contributed by atoms with Crippen molar-refractivity contribution in [1.82, 2.24) is 9.78 Å². The van der Waals surface area contributed by atoms with Crippen molar-refractivity contribution in [3.8, 4) is 22.8 Å². The van der Waals surface area contributed by atoms with Crippen molar-refractivity contribution in [3.05, 3.63) is 40.3 Å². The third-order valence-corrected chi connectivity index (χ3v) is 3.41. The number of ether oxygens (including phenoxy) is 1. The zero-order chi connectivity index (χ0) is 15.9. The SMILES string of the molecule is CCOc1ccc2oc(-c3cn(C)nc3C)c(O)c(=O)c2c1. The smallest absolute Gasteiger partial charge is 0.235 e. The van der Waals surface area contributed by atoms with Crippen molar-refractivity contribution in [3.63, 3.8) is 0 Å². The number of aryl methyl sites for hydroxylation is 2. The van der Waals surface area contributed by atoms with Crippen molar-refractivity contribution in [1.29, 1.82) is 0 Å². The molecule has 22 heavy (non-hydrogen) atoms. The van der Waals surface area contributed by atoms with Crippen LogP contribution in [0.2, 0.25) is 0 Å². The summed E-state index contributed by atoms with van der Waals surface area (Å²) in [6, 6.07) is 4.96. The Kier molecular flexibility index (Phi) is 3.36. The minimum atomic E-state index is -0.485. The second kappa shape index (κ2) is 5.22. The minimum absolute atomic E-state index is 0.132. The van der Waals surface area contributed by atoms with Crippen LogP contribution in [0.3, 0.4) is 0 Å². The molecule has 0 fully saturated rings. The summed E-state index contributed by atoms with van der Waals surface area (Å²) in [5.74, 6) is 0.275. The maximum absolute atomic E-state index is 12.4. The zero-order valence-corrected chi connectivity index (χ0v) is 12.6. The molecule has 0 radical (unpaired) electrons. The summed E-state index contributed by atoms with van der Waals surface area (Å²) in [7, 11) is 1.76. The van der Waals surface area contributed by atoms with Crippen LogP contribution in [0.5, 0.6) is 11.5 Å². The van der Waals surface area contributed by atoms with Crippen LogP contribution in [0.25, 0.3) is 22.3 Å². The molecular formula is C16H16N2O4. The average Bonchev–Trinajstić information content (AvgIpc) is 2.82. The standard InChI is InChI=1S/C16H16N2O4/c1-4-21-10-5-6-13-11(7-10)14(19)15(20)16(22-13)12-8-18(3)17-9(12)2/h5-8,20H,4H2,1-3H3. The van der Waals surface area contributed by atoms with Crippen molar-refractivity contribution in [2.75, 3.05) is 6.61 Å². The fraction of sp³-hybridized carbons (Fsp3) is 0.250. The lowest BCUT2D eigenvalue weighted by Gasteiger charge is -2.07. The van der Waals surface area contributed by atoms with Gasteiger partial charge < -0.3 is 14.3 Å². The molecular weight excluding hydrogens is 284 g/mol. The molecule has 0 bridgehead atoms. The summed E-state index contributed by atoms with van der Waals surface area (Å²) in [6.07, 6.45) is 1.70. The van der Waals surface area contributed by atoms with Crippen molar-refractivity contribution in [2.24, 2.45) is 7.05 Å². The maximum Gasteiger partial charge on any atom is 0.235 e. The van der Waals surface area contributed by atoms with E-state index in [1.165, 1.54) is 0 Å². The van der Waals surface area contributed by atoms with E-state index in [-0.39, 0.29) is 11.1 Å². The summed E-state index contributed by atoms with van der Waals surface area (Å²) in [6.45, 7) is 4.14. The highest BCUT2D eigenvalue weighted by molar-refractivity contribution is 5.83. The van der Waals surface area contributed by atoms with E-state index in [2.05, 4.69) is 5.10 Å². The largest absolute Gasteiger partial charge is 0.502 e. The predicted octanol–water partition coefficient (Wildman–Crippen LogP) is 2.61. The highest BCUT2D eigenvalue weighted by Crippen LogP contribution is 2.32. The van der Waals surface area contributed by atoms with Crippen molar-refractivity contribution < 1.29 is 14.3 Å².